The molecular weight excluding hydrogens is 260 g/mol. The van der Waals surface area contributed by atoms with Crippen LogP contribution in [0.3, 0.4) is 0 Å². The first kappa shape index (κ1) is 15.0. The largest absolute Gasteiger partial charge is 0.479 e. The van der Waals surface area contributed by atoms with Gasteiger partial charge in [-0.2, -0.15) is 0 Å². The van der Waals surface area contributed by atoms with Crippen LogP contribution in [0.5, 0.6) is 0 Å². The van der Waals surface area contributed by atoms with Gasteiger partial charge in [-0.1, -0.05) is 6.07 Å². The normalized spacial score (nSPS) is 11.9. The second-order valence-electron chi connectivity index (χ2n) is 3.91. The number of aliphatic carboxylic acids is 1. The molecule has 0 saturated carbocycles. The Morgan fingerprint density at radius 3 is 2.53 bits per heavy atom. The number of hydrogen-bond donors (Lipinski definition) is 3. The Bertz CT molecular complexity index is 479. The number of aliphatic hydroxyl groups excluding tert-OH is 1. The topological polar surface area (TPSA) is 86.6 Å². The molecule has 0 aliphatic heterocycles. The average molecular weight is 273 g/mol. The van der Waals surface area contributed by atoms with E-state index in [1.54, 1.807) is 0 Å². The number of aliphatic hydroxyl groups is 1. The summed E-state index contributed by atoms with van der Waals surface area (Å²) in [4.78, 5) is 21.6. The predicted octanol–water partition coefficient (Wildman–Crippen LogP) is 0.459. The standard InChI is InChI=1S/C12H13F2NO4/c13-8-3-1-7(5-9(8)14)2-4-11(17)15-6-10(16)12(18)19/h1,3,5,10,16H,2,4,6H2,(H,15,17)(H,18,19). The van der Waals surface area contributed by atoms with Crippen LogP contribution in [-0.4, -0.2) is 34.7 Å². The summed E-state index contributed by atoms with van der Waals surface area (Å²) in [7, 11) is 0. The summed E-state index contributed by atoms with van der Waals surface area (Å²) < 4.78 is 25.5. The van der Waals surface area contributed by atoms with E-state index < -0.39 is 36.2 Å². The summed E-state index contributed by atoms with van der Waals surface area (Å²) in [6, 6.07) is 3.32. The number of halogens is 2. The maximum atomic E-state index is 12.9. The maximum absolute atomic E-state index is 12.9. The van der Waals surface area contributed by atoms with Gasteiger partial charge >= 0.3 is 5.97 Å². The molecule has 1 aromatic rings. The second-order valence-corrected chi connectivity index (χ2v) is 3.91. The van der Waals surface area contributed by atoms with Gasteiger partial charge in [0.25, 0.3) is 0 Å². The van der Waals surface area contributed by atoms with Crippen molar-refractivity contribution < 1.29 is 28.6 Å². The van der Waals surface area contributed by atoms with Gasteiger partial charge in [0.1, 0.15) is 0 Å². The molecule has 0 radical (unpaired) electrons. The third-order valence-corrected chi connectivity index (χ3v) is 2.40. The van der Waals surface area contributed by atoms with Gasteiger partial charge in [0.2, 0.25) is 5.91 Å². The van der Waals surface area contributed by atoms with E-state index in [1.165, 1.54) is 6.07 Å². The highest BCUT2D eigenvalue weighted by atomic mass is 19.2. The maximum Gasteiger partial charge on any atom is 0.334 e. The molecule has 3 N–H and O–H groups in total. The number of amides is 1. The van der Waals surface area contributed by atoms with Gasteiger partial charge in [-0.3, -0.25) is 4.79 Å². The van der Waals surface area contributed by atoms with Crippen LogP contribution in [0, 0.1) is 11.6 Å². The number of benzene rings is 1. The van der Waals surface area contributed by atoms with Crippen LogP contribution >= 0.6 is 0 Å². The minimum Gasteiger partial charge on any atom is -0.479 e. The Balaban J connectivity index is 2.37. The highest BCUT2D eigenvalue weighted by molar-refractivity contribution is 5.78. The van der Waals surface area contributed by atoms with E-state index >= 15 is 0 Å². The van der Waals surface area contributed by atoms with Gasteiger partial charge in [-0.25, -0.2) is 13.6 Å². The molecule has 0 saturated heterocycles. The Kier molecular flexibility index (Phi) is 5.37. The van der Waals surface area contributed by atoms with Crippen LogP contribution in [-0.2, 0) is 16.0 Å². The molecule has 1 rings (SSSR count). The highest BCUT2D eigenvalue weighted by Gasteiger charge is 2.14. The number of hydrogen-bond acceptors (Lipinski definition) is 3. The molecule has 0 aromatic heterocycles. The molecule has 0 aliphatic carbocycles. The number of nitrogens with one attached hydrogen (secondary N) is 1. The molecule has 0 heterocycles. The predicted molar refractivity (Wildman–Crippen MR) is 61.3 cm³/mol. The molecule has 5 nitrogen and oxygen atoms in total. The monoisotopic (exact) mass is 273 g/mol. The molecule has 104 valence electrons. The zero-order valence-corrected chi connectivity index (χ0v) is 9.90. The van der Waals surface area contributed by atoms with Crippen molar-refractivity contribution in [2.24, 2.45) is 0 Å². The summed E-state index contributed by atoms with van der Waals surface area (Å²) in [5, 5.41) is 19.5. The number of rotatable bonds is 6. The molecule has 1 atom stereocenters. The fraction of sp³-hybridized carbons (Fsp3) is 0.333. The van der Waals surface area contributed by atoms with Gasteiger partial charge in [0.05, 0.1) is 6.54 Å². The number of carboxylic acids is 1. The van der Waals surface area contributed by atoms with Crippen molar-refractivity contribution in [3.8, 4) is 0 Å². The second kappa shape index (κ2) is 6.79. The lowest BCUT2D eigenvalue weighted by Gasteiger charge is -2.07. The van der Waals surface area contributed by atoms with Crippen LogP contribution in [0.1, 0.15) is 12.0 Å². The number of aryl methyl sites for hydroxylation is 1. The minimum atomic E-state index is -1.66. The van der Waals surface area contributed by atoms with Crippen LogP contribution < -0.4 is 5.32 Å². The SMILES string of the molecule is O=C(CCc1ccc(F)c(F)c1)NCC(O)C(=O)O. The van der Waals surface area contributed by atoms with Gasteiger partial charge in [0.15, 0.2) is 17.7 Å². The third-order valence-electron chi connectivity index (χ3n) is 2.40. The Morgan fingerprint density at radius 2 is 1.95 bits per heavy atom. The Morgan fingerprint density at radius 1 is 1.26 bits per heavy atom. The molecule has 1 aromatic carbocycles. The quantitative estimate of drug-likeness (QED) is 0.702. The van der Waals surface area contributed by atoms with Crippen LogP contribution in [0.4, 0.5) is 8.78 Å². The lowest BCUT2D eigenvalue weighted by molar-refractivity contribution is -0.146. The number of carbonyl (C=O) groups is 2. The number of carbonyl (C=O) groups excluding carboxylic acids is 1. The Hall–Kier alpha value is -2.02. The first-order valence-corrected chi connectivity index (χ1v) is 5.51. The summed E-state index contributed by atoms with van der Waals surface area (Å²) in [6.45, 7) is -0.397. The average Bonchev–Trinajstić information content (AvgIpc) is 2.37. The van der Waals surface area contributed by atoms with Gasteiger partial charge in [0, 0.05) is 6.42 Å². The fourth-order valence-electron chi connectivity index (χ4n) is 1.34. The van der Waals surface area contributed by atoms with E-state index in [-0.39, 0.29) is 12.8 Å². The van der Waals surface area contributed by atoms with E-state index in [1.807, 2.05) is 0 Å². The summed E-state index contributed by atoms with van der Waals surface area (Å²) in [5.74, 6) is -3.86. The summed E-state index contributed by atoms with van der Waals surface area (Å²) >= 11 is 0. The van der Waals surface area contributed by atoms with Crippen molar-refractivity contribution >= 4 is 11.9 Å². The molecule has 0 aliphatic rings. The third kappa shape index (κ3) is 5.01. The van der Waals surface area contributed by atoms with Gasteiger partial charge in [-0.15, -0.1) is 0 Å². The van der Waals surface area contributed by atoms with E-state index in [9.17, 15) is 18.4 Å². The van der Waals surface area contributed by atoms with Crippen LogP contribution in [0.25, 0.3) is 0 Å². The zero-order valence-electron chi connectivity index (χ0n) is 9.90. The lowest BCUT2D eigenvalue weighted by atomic mass is 10.1. The molecule has 0 spiro atoms. The molecule has 19 heavy (non-hydrogen) atoms. The molecule has 0 fully saturated rings. The van der Waals surface area contributed by atoms with Crippen molar-refractivity contribution in [1.82, 2.24) is 5.32 Å². The highest BCUT2D eigenvalue weighted by Crippen LogP contribution is 2.10. The van der Waals surface area contributed by atoms with Gasteiger partial charge in [-0.05, 0) is 24.1 Å². The molecule has 1 amide bonds. The van der Waals surface area contributed by atoms with E-state index in [2.05, 4.69) is 5.32 Å². The van der Waals surface area contributed by atoms with Crippen molar-refractivity contribution in [2.45, 2.75) is 18.9 Å². The lowest BCUT2D eigenvalue weighted by Crippen LogP contribution is -2.36. The van der Waals surface area contributed by atoms with Crippen molar-refractivity contribution in [2.75, 3.05) is 6.54 Å². The number of carboxylic acid groups (broad SMARTS) is 1. The molecular formula is C12H13F2NO4. The van der Waals surface area contributed by atoms with Crippen molar-refractivity contribution in [3.05, 3.63) is 35.4 Å². The van der Waals surface area contributed by atoms with Crippen LogP contribution in [0.15, 0.2) is 18.2 Å². The van der Waals surface area contributed by atoms with Crippen LogP contribution in [0.2, 0.25) is 0 Å². The first-order valence-electron chi connectivity index (χ1n) is 5.51. The first-order chi connectivity index (χ1) is 8.90. The zero-order chi connectivity index (χ0) is 14.4. The van der Waals surface area contributed by atoms with E-state index in [0.29, 0.717) is 5.56 Å². The minimum absolute atomic E-state index is 0.0165. The molecule has 1 unspecified atom stereocenters. The Labute approximate surface area is 107 Å². The summed E-state index contributed by atoms with van der Waals surface area (Å²) in [5.41, 5.74) is 0.452. The smallest absolute Gasteiger partial charge is 0.334 e. The van der Waals surface area contributed by atoms with Crippen molar-refractivity contribution in [3.63, 3.8) is 0 Å². The van der Waals surface area contributed by atoms with Gasteiger partial charge < -0.3 is 15.5 Å². The van der Waals surface area contributed by atoms with E-state index in [4.69, 9.17) is 10.2 Å². The molecule has 0 bridgehead atoms. The fourth-order valence-corrected chi connectivity index (χ4v) is 1.34. The van der Waals surface area contributed by atoms with Crippen molar-refractivity contribution in [1.29, 1.82) is 0 Å². The van der Waals surface area contributed by atoms with E-state index in [0.717, 1.165) is 12.1 Å². The molecule has 7 heteroatoms. The summed E-state index contributed by atoms with van der Waals surface area (Å²) in [6.07, 6.45) is -1.49.